The third kappa shape index (κ3) is 4.47. The zero-order valence-electron chi connectivity index (χ0n) is 17.7. The fourth-order valence-corrected chi connectivity index (χ4v) is 3.55. The Kier molecular flexibility index (Phi) is 7.88. The minimum atomic E-state index is -0.793. The van der Waals surface area contributed by atoms with Crippen molar-refractivity contribution in [2.75, 3.05) is 13.7 Å². The molecule has 0 aliphatic heterocycles. The van der Waals surface area contributed by atoms with Crippen molar-refractivity contribution < 1.29 is 14.6 Å². The van der Waals surface area contributed by atoms with Crippen LogP contribution in [0.15, 0.2) is 47.3 Å². The van der Waals surface area contributed by atoms with Crippen molar-refractivity contribution in [3.05, 3.63) is 69.6 Å². The van der Waals surface area contributed by atoms with Gasteiger partial charge in [0.05, 0.1) is 5.69 Å². The number of benzene rings is 2. The van der Waals surface area contributed by atoms with E-state index in [-0.39, 0.29) is 5.56 Å². The number of rotatable bonds is 6. The summed E-state index contributed by atoms with van der Waals surface area (Å²) < 4.78 is 7.22. The van der Waals surface area contributed by atoms with Gasteiger partial charge in [-0.2, -0.15) is 0 Å². The van der Waals surface area contributed by atoms with Crippen LogP contribution < -0.4 is 5.56 Å². The van der Waals surface area contributed by atoms with Crippen LogP contribution in [0.3, 0.4) is 0 Å². The summed E-state index contributed by atoms with van der Waals surface area (Å²) in [6, 6.07) is 14.1. The van der Waals surface area contributed by atoms with Gasteiger partial charge in [-0.1, -0.05) is 48.9 Å². The summed E-state index contributed by atoms with van der Waals surface area (Å²) in [5.41, 5.74) is 4.62. The molecule has 1 atom stereocenters. The Labute approximate surface area is 171 Å². The van der Waals surface area contributed by atoms with Crippen molar-refractivity contribution >= 4 is 17.1 Å². The van der Waals surface area contributed by atoms with Crippen LogP contribution in [0.2, 0.25) is 0 Å². The Bertz CT molecular complexity index is 1040. The van der Waals surface area contributed by atoms with Gasteiger partial charge in [0.2, 0.25) is 0 Å². The Morgan fingerprint density at radius 2 is 1.72 bits per heavy atom. The molecule has 2 aromatic carbocycles. The summed E-state index contributed by atoms with van der Waals surface area (Å²) in [5, 5.41) is 8.49. The molecule has 5 heteroatoms. The van der Waals surface area contributed by atoms with Crippen LogP contribution in [0.1, 0.15) is 36.8 Å². The van der Waals surface area contributed by atoms with Crippen molar-refractivity contribution in [3.8, 4) is 11.1 Å². The Hall–Kier alpha value is -2.76. The van der Waals surface area contributed by atoms with E-state index < -0.39 is 6.10 Å². The van der Waals surface area contributed by atoms with E-state index in [0.29, 0.717) is 17.7 Å². The number of pyridine rings is 1. The van der Waals surface area contributed by atoms with E-state index in [9.17, 15) is 9.59 Å². The summed E-state index contributed by atoms with van der Waals surface area (Å²) >= 11 is 0. The molecule has 0 aliphatic rings. The van der Waals surface area contributed by atoms with E-state index in [1.807, 2.05) is 32.0 Å². The topological polar surface area (TPSA) is 68.5 Å². The molecule has 0 bridgehead atoms. The quantitative estimate of drug-likeness (QED) is 0.642. The maximum atomic E-state index is 13.0. The van der Waals surface area contributed by atoms with Crippen LogP contribution in [0.25, 0.3) is 21.9 Å². The van der Waals surface area contributed by atoms with Crippen LogP contribution in [0.4, 0.5) is 0 Å². The first-order valence-corrected chi connectivity index (χ1v) is 9.76. The molecule has 0 saturated heterocycles. The third-order valence-corrected chi connectivity index (χ3v) is 4.99. The largest absolute Gasteiger partial charge is 0.400 e. The number of ether oxygens (including phenoxy) is 1. The summed E-state index contributed by atoms with van der Waals surface area (Å²) in [5.74, 6) is 0. The van der Waals surface area contributed by atoms with E-state index in [1.54, 1.807) is 11.6 Å². The minimum absolute atomic E-state index is 0.125. The van der Waals surface area contributed by atoms with Gasteiger partial charge in [0.25, 0.3) is 5.56 Å². The monoisotopic (exact) mass is 395 g/mol. The molecule has 0 aliphatic carbocycles. The van der Waals surface area contributed by atoms with Crippen LogP contribution in [0.5, 0.6) is 0 Å². The molecule has 1 aromatic heterocycles. The molecule has 3 rings (SSSR count). The number of nitrogens with zero attached hydrogens (tertiary/aromatic N) is 1. The summed E-state index contributed by atoms with van der Waals surface area (Å²) in [7, 11) is 2.70. The van der Waals surface area contributed by atoms with Gasteiger partial charge in [-0.05, 0) is 42.8 Å². The Morgan fingerprint density at radius 1 is 1.07 bits per heavy atom. The first kappa shape index (κ1) is 22.5. The van der Waals surface area contributed by atoms with Crippen molar-refractivity contribution in [1.82, 2.24) is 4.57 Å². The first-order valence-electron chi connectivity index (χ1n) is 9.76. The van der Waals surface area contributed by atoms with Crippen LogP contribution in [-0.2, 0) is 23.0 Å². The van der Waals surface area contributed by atoms with Gasteiger partial charge in [0.1, 0.15) is 0 Å². The van der Waals surface area contributed by atoms with Gasteiger partial charge in [0, 0.05) is 31.7 Å². The average Bonchev–Trinajstić information content (AvgIpc) is 2.76. The highest BCUT2D eigenvalue weighted by molar-refractivity contribution is 5.98. The van der Waals surface area contributed by atoms with E-state index in [1.165, 1.54) is 5.56 Å². The molecule has 5 nitrogen and oxygen atoms in total. The number of hydrogen-bond donors (Lipinski definition) is 1. The van der Waals surface area contributed by atoms with Crippen molar-refractivity contribution in [3.63, 3.8) is 0 Å². The molecule has 0 radical (unpaired) electrons. The molecule has 1 unspecified atom stereocenters. The molecule has 0 fully saturated rings. The van der Waals surface area contributed by atoms with E-state index in [0.717, 1.165) is 41.9 Å². The standard InChI is InChI=1S/C23H25NO3.CH4O/c1-5-16-8-10-17(11-9-16)21-19-13-15(3)7-12-18(19)23(26)24(4)22(21)20(14-25)27-6-2;1-2/h7-14,20H,5-6H2,1-4H3;2H,1H3. The molecular formula is C24H29NO4. The number of aryl methyl sites for hydroxylation is 2. The molecular weight excluding hydrogens is 366 g/mol. The van der Waals surface area contributed by atoms with Crippen molar-refractivity contribution in [1.29, 1.82) is 0 Å². The number of carbonyl (C=O) groups excluding carboxylic acids is 1. The summed E-state index contributed by atoms with van der Waals surface area (Å²) in [4.78, 5) is 24.8. The lowest BCUT2D eigenvalue weighted by Gasteiger charge is -2.22. The van der Waals surface area contributed by atoms with E-state index in [4.69, 9.17) is 9.84 Å². The molecule has 29 heavy (non-hydrogen) atoms. The molecule has 154 valence electrons. The molecule has 3 aromatic rings. The average molecular weight is 395 g/mol. The number of aliphatic hydroxyl groups is 1. The SMILES string of the molecule is CCOC(C=O)c1c(-c2ccc(CC)cc2)c2cc(C)ccc2c(=O)n1C.CO. The van der Waals surface area contributed by atoms with Crippen LogP contribution in [0, 0.1) is 6.92 Å². The minimum Gasteiger partial charge on any atom is -0.400 e. The molecule has 0 spiro atoms. The lowest BCUT2D eigenvalue weighted by atomic mass is 9.93. The fraction of sp³-hybridized carbons (Fsp3) is 0.333. The van der Waals surface area contributed by atoms with Crippen molar-refractivity contribution in [2.24, 2.45) is 7.05 Å². The zero-order valence-corrected chi connectivity index (χ0v) is 17.7. The predicted molar refractivity (Wildman–Crippen MR) is 117 cm³/mol. The second-order valence-electron chi connectivity index (χ2n) is 6.74. The second-order valence-corrected chi connectivity index (χ2v) is 6.74. The van der Waals surface area contributed by atoms with Gasteiger partial charge in [-0.15, -0.1) is 0 Å². The predicted octanol–water partition coefficient (Wildman–Crippen LogP) is 3.96. The third-order valence-electron chi connectivity index (χ3n) is 4.99. The summed E-state index contributed by atoms with van der Waals surface area (Å²) in [6.07, 6.45) is 0.929. The highest BCUT2D eigenvalue weighted by Crippen LogP contribution is 2.35. The van der Waals surface area contributed by atoms with Gasteiger partial charge in [-0.25, -0.2) is 0 Å². The zero-order chi connectivity index (χ0) is 21.6. The van der Waals surface area contributed by atoms with Gasteiger partial charge < -0.3 is 19.2 Å². The van der Waals surface area contributed by atoms with E-state index >= 15 is 0 Å². The highest BCUT2D eigenvalue weighted by Gasteiger charge is 2.23. The number of aliphatic hydroxyl groups excluding tert-OH is 1. The molecule has 0 amide bonds. The number of fused-ring (bicyclic) bond motifs is 1. The smallest absolute Gasteiger partial charge is 0.258 e. The molecule has 1 heterocycles. The first-order chi connectivity index (χ1) is 14.0. The number of carbonyl (C=O) groups is 1. The van der Waals surface area contributed by atoms with Crippen LogP contribution in [-0.4, -0.2) is 29.7 Å². The second kappa shape index (κ2) is 10.1. The highest BCUT2D eigenvalue weighted by atomic mass is 16.5. The van der Waals surface area contributed by atoms with Gasteiger partial charge >= 0.3 is 0 Å². The normalized spacial score (nSPS) is 11.7. The molecule has 0 saturated carbocycles. The Balaban J connectivity index is 0.00000145. The lowest BCUT2D eigenvalue weighted by molar-refractivity contribution is -0.118. The Morgan fingerprint density at radius 3 is 2.28 bits per heavy atom. The number of aldehydes is 1. The fourth-order valence-electron chi connectivity index (χ4n) is 3.55. The van der Waals surface area contributed by atoms with Crippen molar-refractivity contribution in [2.45, 2.75) is 33.3 Å². The molecule has 1 N–H and O–H groups in total. The van der Waals surface area contributed by atoms with Gasteiger partial charge in [-0.3, -0.25) is 4.79 Å². The number of hydrogen-bond acceptors (Lipinski definition) is 4. The number of aromatic nitrogens is 1. The maximum absolute atomic E-state index is 13.0. The van der Waals surface area contributed by atoms with E-state index in [2.05, 4.69) is 31.2 Å². The maximum Gasteiger partial charge on any atom is 0.258 e. The van der Waals surface area contributed by atoms with Crippen LogP contribution >= 0.6 is 0 Å². The summed E-state index contributed by atoms with van der Waals surface area (Å²) in [6.45, 7) is 6.34. The lowest BCUT2D eigenvalue weighted by Crippen LogP contribution is -2.25. The van der Waals surface area contributed by atoms with Gasteiger partial charge in [0.15, 0.2) is 12.4 Å².